The summed E-state index contributed by atoms with van der Waals surface area (Å²) in [5.74, 6) is 0.724. The maximum Gasteiger partial charge on any atom is 0.177 e. The van der Waals surface area contributed by atoms with Gasteiger partial charge < -0.3 is 10.1 Å². The number of sulfone groups is 1. The second-order valence-corrected chi connectivity index (χ2v) is 13.3. The molecule has 0 spiro atoms. The van der Waals surface area contributed by atoms with Gasteiger partial charge in [0, 0.05) is 36.2 Å². The molecule has 9 heteroatoms. The number of benzene rings is 1. The Morgan fingerprint density at radius 3 is 2.47 bits per heavy atom. The molecule has 200 valence electrons. The highest BCUT2D eigenvalue weighted by molar-refractivity contribution is 7.90. The van der Waals surface area contributed by atoms with Gasteiger partial charge in [-0.05, 0) is 68.9 Å². The average molecular weight is 534 g/mol. The topological polar surface area (TPSA) is 106 Å². The van der Waals surface area contributed by atoms with Crippen LogP contribution in [0.4, 0.5) is 17.1 Å². The summed E-state index contributed by atoms with van der Waals surface area (Å²) in [5, 5.41) is 3.39. The molecule has 0 aliphatic carbocycles. The lowest BCUT2D eigenvalue weighted by atomic mass is 9.84. The number of hydrogen-bond acceptors (Lipinski definition) is 8. The van der Waals surface area contributed by atoms with E-state index in [-0.39, 0.29) is 16.4 Å². The van der Waals surface area contributed by atoms with Crippen molar-refractivity contribution in [2.24, 2.45) is 10.4 Å². The third-order valence-corrected chi connectivity index (χ3v) is 8.17. The standard InChI is InChI=1S/C29H35N5O3S/c1-17-11-21(32-19(3)30-17)14-22-15-25(28-24(33-22)12-18(2)31-28)34-23-8-7-20(13-27(23)38(6,35)36)26-9-10-29(4,5)16-37-26/h7-8,11,13,15,26H,9-10,12,14,16H2,1-6H3,(H,33,34). The number of ether oxygens (including phenoxy) is 1. The van der Waals surface area contributed by atoms with Crippen LogP contribution in [0, 0.1) is 19.3 Å². The number of aryl methyl sites for hydroxylation is 2. The van der Waals surface area contributed by atoms with Crippen molar-refractivity contribution in [3.8, 4) is 0 Å². The van der Waals surface area contributed by atoms with Crippen molar-refractivity contribution in [3.63, 3.8) is 0 Å². The van der Waals surface area contributed by atoms with Crippen LogP contribution in [0.3, 0.4) is 0 Å². The molecule has 4 heterocycles. The van der Waals surface area contributed by atoms with Gasteiger partial charge in [0.25, 0.3) is 0 Å². The van der Waals surface area contributed by atoms with E-state index in [9.17, 15) is 8.42 Å². The van der Waals surface area contributed by atoms with Gasteiger partial charge in [-0.2, -0.15) is 0 Å². The second-order valence-electron chi connectivity index (χ2n) is 11.4. The molecule has 1 aromatic carbocycles. The lowest BCUT2D eigenvalue weighted by Crippen LogP contribution is -2.27. The van der Waals surface area contributed by atoms with Gasteiger partial charge in [0.2, 0.25) is 0 Å². The molecule has 1 N–H and O–H groups in total. The minimum absolute atomic E-state index is 0.110. The molecule has 0 amide bonds. The molecule has 2 aliphatic rings. The molecular weight excluding hydrogens is 498 g/mol. The molecule has 38 heavy (non-hydrogen) atoms. The zero-order valence-corrected chi connectivity index (χ0v) is 23.7. The summed E-state index contributed by atoms with van der Waals surface area (Å²) in [4.78, 5) is 18.8. The summed E-state index contributed by atoms with van der Waals surface area (Å²) in [6, 6.07) is 9.46. The molecule has 1 saturated heterocycles. The number of anilines is 2. The van der Waals surface area contributed by atoms with Crippen LogP contribution in [0.5, 0.6) is 0 Å². The van der Waals surface area contributed by atoms with Gasteiger partial charge in [-0.1, -0.05) is 19.9 Å². The third-order valence-electron chi connectivity index (χ3n) is 7.03. The van der Waals surface area contributed by atoms with Gasteiger partial charge in [0.05, 0.1) is 40.4 Å². The van der Waals surface area contributed by atoms with E-state index < -0.39 is 9.84 Å². The number of pyridine rings is 1. The molecule has 1 atom stereocenters. The first-order valence-electron chi connectivity index (χ1n) is 13.0. The fourth-order valence-corrected chi connectivity index (χ4v) is 6.05. The highest BCUT2D eigenvalue weighted by Crippen LogP contribution is 2.41. The van der Waals surface area contributed by atoms with E-state index >= 15 is 0 Å². The Hall–Kier alpha value is -3.17. The first kappa shape index (κ1) is 26.4. The smallest absolute Gasteiger partial charge is 0.177 e. The summed E-state index contributed by atoms with van der Waals surface area (Å²) in [5.41, 5.74) is 7.51. The molecule has 2 aromatic heterocycles. The molecule has 1 unspecified atom stereocenters. The quantitative estimate of drug-likeness (QED) is 0.430. The van der Waals surface area contributed by atoms with Gasteiger partial charge in [-0.3, -0.25) is 9.98 Å². The number of aromatic nitrogens is 3. The van der Waals surface area contributed by atoms with Crippen molar-refractivity contribution in [2.45, 2.75) is 71.3 Å². The van der Waals surface area contributed by atoms with Crippen molar-refractivity contribution in [1.29, 1.82) is 0 Å². The lowest BCUT2D eigenvalue weighted by molar-refractivity contribution is -0.0499. The third kappa shape index (κ3) is 5.78. The number of hydrogen-bond donors (Lipinski definition) is 1. The zero-order chi connectivity index (χ0) is 27.2. The Morgan fingerprint density at radius 2 is 1.79 bits per heavy atom. The van der Waals surface area contributed by atoms with Crippen molar-refractivity contribution in [2.75, 3.05) is 18.2 Å². The summed E-state index contributed by atoms with van der Waals surface area (Å²) in [7, 11) is -3.52. The average Bonchev–Trinajstić information content (AvgIpc) is 3.18. The molecule has 1 fully saturated rings. The predicted molar refractivity (Wildman–Crippen MR) is 150 cm³/mol. The van der Waals surface area contributed by atoms with Crippen LogP contribution < -0.4 is 5.32 Å². The number of rotatable bonds is 6. The van der Waals surface area contributed by atoms with E-state index in [4.69, 9.17) is 14.7 Å². The number of nitrogens with one attached hydrogen (secondary N) is 1. The Kier molecular flexibility index (Phi) is 6.86. The Balaban J connectivity index is 1.50. The van der Waals surface area contributed by atoms with Gasteiger partial charge in [0.1, 0.15) is 11.5 Å². The Labute approximate surface area is 224 Å². The molecular formula is C29H35N5O3S. The highest BCUT2D eigenvalue weighted by atomic mass is 32.2. The van der Waals surface area contributed by atoms with Crippen LogP contribution in [0.15, 0.2) is 40.2 Å². The van der Waals surface area contributed by atoms with Crippen LogP contribution in [-0.4, -0.2) is 41.9 Å². The minimum atomic E-state index is -3.52. The largest absolute Gasteiger partial charge is 0.373 e. The highest BCUT2D eigenvalue weighted by Gasteiger charge is 2.29. The second kappa shape index (κ2) is 9.85. The van der Waals surface area contributed by atoms with Gasteiger partial charge >= 0.3 is 0 Å². The minimum Gasteiger partial charge on any atom is -0.373 e. The number of fused-ring (bicyclic) bond motifs is 1. The van der Waals surface area contributed by atoms with E-state index in [0.29, 0.717) is 25.1 Å². The summed E-state index contributed by atoms with van der Waals surface area (Å²) < 4.78 is 31.9. The summed E-state index contributed by atoms with van der Waals surface area (Å²) >= 11 is 0. The van der Waals surface area contributed by atoms with Gasteiger partial charge in [-0.25, -0.2) is 18.4 Å². The first-order chi connectivity index (χ1) is 17.9. The van der Waals surface area contributed by atoms with Crippen molar-refractivity contribution < 1.29 is 13.2 Å². The predicted octanol–water partition coefficient (Wildman–Crippen LogP) is 5.75. The van der Waals surface area contributed by atoms with Crippen molar-refractivity contribution in [1.82, 2.24) is 15.0 Å². The van der Waals surface area contributed by atoms with E-state index in [2.05, 4.69) is 29.1 Å². The fourth-order valence-electron chi connectivity index (χ4n) is 5.19. The number of aliphatic imine (C=N–C) groups is 1. The van der Waals surface area contributed by atoms with Crippen LogP contribution >= 0.6 is 0 Å². The normalized spacial score (nSPS) is 18.7. The monoisotopic (exact) mass is 533 g/mol. The summed E-state index contributed by atoms with van der Waals surface area (Å²) in [6.45, 7) is 10.8. The van der Waals surface area contributed by atoms with Crippen molar-refractivity contribution >= 4 is 32.6 Å². The molecule has 0 bridgehead atoms. The summed E-state index contributed by atoms with van der Waals surface area (Å²) in [6.07, 6.45) is 4.22. The van der Waals surface area contributed by atoms with E-state index in [1.54, 1.807) is 6.07 Å². The maximum absolute atomic E-state index is 12.9. The lowest BCUT2D eigenvalue weighted by Gasteiger charge is -2.35. The van der Waals surface area contributed by atoms with Gasteiger partial charge in [0.15, 0.2) is 9.84 Å². The molecule has 0 saturated carbocycles. The molecule has 0 radical (unpaired) electrons. The van der Waals surface area contributed by atoms with Crippen LogP contribution in [0.2, 0.25) is 0 Å². The first-order valence-corrected chi connectivity index (χ1v) is 14.9. The van der Waals surface area contributed by atoms with E-state index in [1.807, 2.05) is 45.0 Å². The van der Waals surface area contributed by atoms with Crippen LogP contribution in [0.1, 0.15) is 73.9 Å². The van der Waals surface area contributed by atoms with Crippen LogP contribution in [0.25, 0.3) is 0 Å². The van der Waals surface area contributed by atoms with Crippen molar-refractivity contribution in [3.05, 3.63) is 64.5 Å². The molecule has 5 rings (SSSR count). The van der Waals surface area contributed by atoms with Crippen LogP contribution in [-0.2, 0) is 27.4 Å². The number of nitrogens with zero attached hydrogens (tertiary/aromatic N) is 4. The van der Waals surface area contributed by atoms with E-state index in [0.717, 1.165) is 64.1 Å². The SMILES string of the molecule is CC1=Nc2c(Nc3ccc(C4CCC(C)(C)CO4)cc3S(C)(=O)=O)cc(Cc3cc(C)nc(C)n3)nc2C1. The zero-order valence-electron chi connectivity index (χ0n) is 22.9. The molecule has 3 aromatic rings. The van der Waals surface area contributed by atoms with E-state index in [1.165, 1.54) is 6.26 Å². The Morgan fingerprint density at radius 1 is 1.03 bits per heavy atom. The maximum atomic E-state index is 12.9. The Bertz CT molecular complexity index is 1520. The fraction of sp³-hybridized carbons (Fsp3) is 0.448. The molecule has 8 nitrogen and oxygen atoms in total. The van der Waals surface area contributed by atoms with Gasteiger partial charge in [-0.15, -0.1) is 0 Å². The molecule has 2 aliphatic heterocycles.